The summed E-state index contributed by atoms with van der Waals surface area (Å²) in [4.78, 5) is 0. The second-order valence-corrected chi connectivity index (χ2v) is 10.9. The average Bonchev–Trinajstić information content (AvgIpc) is 2.70. The van der Waals surface area contributed by atoms with Crippen LogP contribution in [0.1, 0.15) is 155 Å². The molecule has 0 aromatic heterocycles. The fourth-order valence-corrected chi connectivity index (χ4v) is 4.94. The van der Waals surface area contributed by atoms with Crippen LogP contribution in [0.2, 0.25) is 0 Å². The maximum atomic E-state index is 15.0. The van der Waals surface area contributed by atoms with Crippen molar-refractivity contribution in [2.24, 2.45) is 0 Å². The van der Waals surface area contributed by atoms with Gasteiger partial charge < -0.3 is 0 Å². The van der Waals surface area contributed by atoms with Crippen molar-refractivity contribution in [3.8, 4) is 0 Å². The molecular weight excluding hydrogens is 399 g/mol. The molecule has 0 aromatic carbocycles. The van der Waals surface area contributed by atoms with E-state index < -0.39 is 15.1 Å². The number of halogens is 1. The topological polar surface area (TPSA) is 54.4 Å². The molecule has 3 nitrogen and oxygen atoms in total. The number of alkyl halides is 1. The molecule has 0 aliphatic carbocycles. The first-order chi connectivity index (χ1) is 14.4. The Morgan fingerprint density at radius 3 is 1.00 bits per heavy atom. The zero-order valence-corrected chi connectivity index (χ0v) is 20.9. The Balaban J connectivity index is 3.83. The monoisotopic (exact) mass is 450 g/mol. The van der Waals surface area contributed by atoms with Gasteiger partial charge in [-0.2, -0.15) is 8.42 Å². The predicted octanol–water partition coefficient (Wildman–Crippen LogP) is 9.16. The van der Waals surface area contributed by atoms with Crippen LogP contribution in [0.5, 0.6) is 0 Å². The Kier molecular flexibility index (Phi) is 19.4. The third-order valence-corrected chi connectivity index (χ3v) is 7.60. The molecule has 0 aliphatic heterocycles. The van der Waals surface area contributed by atoms with Gasteiger partial charge in [-0.15, -0.1) is 0 Å². The molecule has 182 valence electrons. The van der Waals surface area contributed by atoms with Crippen LogP contribution in [-0.4, -0.2) is 18.0 Å². The van der Waals surface area contributed by atoms with Crippen LogP contribution in [0.4, 0.5) is 4.39 Å². The van der Waals surface area contributed by atoms with E-state index in [-0.39, 0.29) is 12.8 Å². The van der Waals surface area contributed by atoms with Gasteiger partial charge in [0.1, 0.15) is 0 Å². The molecule has 0 bridgehead atoms. The van der Waals surface area contributed by atoms with Gasteiger partial charge in [0.15, 0.2) is 0 Å². The highest BCUT2D eigenvalue weighted by Crippen LogP contribution is 2.32. The van der Waals surface area contributed by atoms with Crippen molar-refractivity contribution in [3.63, 3.8) is 0 Å². The number of hydrogen-bond donors (Lipinski definition) is 1. The van der Waals surface area contributed by atoms with Crippen molar-refractivity contribution in [2.45, 2.75) is 160 Å². The van der Waals surface area contributed by atoms with E-state index in [0.29, 0.717) is 12.8 Å². The lowest BCUT2D eigenvalue weighted by molar-refractivity contribution is 0.203. The SMILES string of the molecule is CCCCCCCCCCCCCC(F)(CCCCCCCCCCC)S(=O)(=O)O. The molecule has 0 heterocycles. The highest BCUT2D eigenvalue weighted by atomic mass is 32.2. The summed E-state index contributed by atoms with van der Waals surface area (Å²) < 4.78 is 47.6. The molecule has 0 spiro atoms. The zero-order valence-electron chi connectivity index (χ0n) is 20.1. The predicted molar refractivity (Wildman–Crippen MR) is 128 cm³/mol. The molecule has 0 radical (unpaired) electrons. The average molecular weight is 451 g/mol. The summed E-state index contributed by atoms with van der Waals surface area (Å²) in [7, 11) is -4.65. The minimum Gasteiger partial charge on any atom is -0.283 e. The van der Waals surface area contributed by atoms with Crippen LogP contribution in [0.15, 0.2) is 0 Å². The van der Waals surface area contributed by atoms with Gasteiger partial charge in [-0.1, -0.05) is 129 Å². The Hall–Kier alpha value is -0.160. The van der Waals surface area contributed by atoms with E-state index in [1.165, 1.54) is 77.0 Å². The number of hydrogen-bond acceptors (Lipinski definition) is 2. The van der Waals surface area contributed by atoms with E-state index in [2.05, 4.69) is 13.8 Å². The van der Waals surface area contributed by atoms with Crippen molar-refractivity contribution in [2.75, 3.05) is 0 Å². The van der Waals surface area contributed by atoms with Gasteiger partial charge in [0, 0.05) is 0 Å². The third-order valence-electron chi connectivity index (χ3n) is 6.27. The summed E-state index contributed by atoms with van der Waals surface area (Å²) in [6.45, 7) is 4.43. The fraction of sp³-hybridized carbons (Fsp3) is 1.00. The molecule has 1 N–H and O–H groups in total. The quantitative estimate of drug-likeness (QED) is 0.125. The van der Waals surface area contributed by atoms with Gasteiger partial charge in [-0.05, 0) is 25.7 Å². The van der Waals surface area contributed by atoms with E-state index in [1.54, 1.807) is 0 Å². The minimum atomic E-state index is -4.65. The van der Waals surface area contributed by atoms with E-state index in [9.17, 15) is 17.4 Å². The Morgan fingerprint density at radius 1 is 0.533 bits per heavy atom. The molecule has 0 aliphatic rings. The molecule has 1 atom stereocenters. The molecule has 5 heteroatoms. The second-order valence-electron chi connectivity index (χ2n) is 9.22. The van der Waals surface area contributed by atoms with Gasteiger partial charge in [0.25, 0.3) is 10.1 Å². The van der Waals surface area contributed by atoms with E-state index in [1.807, 2.05) is 0 Å². The standard InChI is InChI=1S/C25H51FO3S/c1-3-5-7-9-11-13-14-16-18-20-22-24-25(26,30(27,28)29)23-21-19-17-15-12-10-8-6-4-2/h3-24H2,1-2H3,(H,27,28,29). The first kappa shape index (κ1) is 29.8. The van der Waals surface area contributed by atoms with Crippen LogP contribution in [0, 0.1) is 0 Å². The Labute approximate surface area is 187 Å². The van der Waals surface area contributed by atoms with Crippen LogP contribution in [0.25, 0.3) is 0 Å². The van der Waals surface area contributed by atoms with Gasteiger partial charge in [0.05, 0.1) is 0 Å². The van der Waals surface area contributed by atoms with Crippen molar-refractivity contribution in [1.29, 1.82) is 0 Å². The van der Waals surface area contributed by atoms with Crippen molar-refractivity contribution in [3.05, 3.63) is 0 Å². The summed E-state index contributed by atoms with van der Waals surface area (Å²) in [5.74, 6) is 0. The molecule has 1 unspecified atom stereocenters. The summed E-state index contributed by atoms with van der Waals surface area (Å²) in [6, 6.07) is 0. The highest BCUT2D eigenvalue weighted by molar-refractivity contribution is 7.87. The summed E-state index contributed by atoms with van der Waals surface area (Å²) in [6.07, 6.45) is 22.2. The summed E-state index contributed by atoms with van der Waals surface area (Å²) in [5.41, 5.74) is 0. The van der Waals surface area contributed by atoms with Gasteiger partial charge in [-0.25, -0.2) is 4.39 Å². The molecule has 0 rings (SSSR count). The molecule has 0 fully saturated rings. The molecule has 0 saturated carbocycles. The van der Waals surface area contributed by atoms with Crippen LogP contribution in [0.3, 0.4) is 0 Å². The first-order valence-electron chi connectivity index (χ1n) is 13.0. The first-order valence-corrected chi connectivity index (χ1v) is 14.5. The van der Waals surface area contributed by atoms with E-state index in [4.69, 9.17) is 0 Å². The maximum absolute atomic E-state index is 15.0. The highest BCUT2D eigenvalue weighted by Gasteiger charge is 2.42. The summed E-state index contributed by atoms with van der Waals surface area (Å²) >= 11 is 0. The van der Waals surface area contributed by atoms with Crippen LogP contribution in [-0.2, 0) is 10.1 Å². The molecule has 0 amide bonds. The van der Waals surface area contributed by atoms with Crippen LogP contribution < -0.4 is 0 Å². The molecular formula is C25H51FO3S. The Bertz CT molecular complexity index is 467. The van der Waals surface area contributed by atoms with Crippen molar-refractivity contribution < 1.29 is 17.4 Å². The summed E-state index contributed by atoms with van der Waals surface area (Å²) in [5, 5.41) is -2.45. The Morgan fingerprint density at radius 2 is 0.767 bits per heavy atom. The largest absolute Gasteiger partial charge is 0.300 e. The van der Waals surface area contributed by atoms with Gasteiger partial charge in [-0.3, -0.25) is 4.55 Å². The lowest BCUT2D eigenvalue weighted by Crippen LogP contribution is -2.33. The third kappa shape index (κ3) is 16.5. The lowest BCUT2D eigenvalue weighted by Gasteiger charge is -2.22. The van der Waals surface area contributed by atoms with E-state index >= 15 is 0 Å². The fourth-order valence-electron chi connectivity index (χ4n) is 4.14. The molecule has 0 aromatic rings. The number of rotatable bonds is 23. The number of unbranched alkanes of at least 4 members (excludes halogenated alkanes) is 18. The van der Waals surface area contributed by atoms with Gasteiger partial charge in [0.2, 0.25) is 5.00 Å². The van der Waals surface area contributed by atoms with E-state index in [0.717, 1.165) is 38.5 Å². The second kappa shape index (κ2) is 19.5. The van der Waals surface area contributed by atoms with Crippen molar-refractivity contribution >= 4 is 10.1 Å². The van der Waals surface area contributed by atoms with Crippen molar-refractivity contribution in [1.82, 2.24) is 0 Å². The molecule has 30 heavy (non-hydrogen) atoms. The van der Waals surface area contributed by atoms with Crippen LogP contribution >= 0.6 is 0 Å². The maximum Gasteiger partial charge on any atom is 0.300 e. The zero-order chi connectivity index (χ0) is 22.6. The smallest absolute Gasteiger partial charge is 0.283 e. The normalized spacial score (nSPS) is 14.1. The minimum absolute atomic E-state index is 0.0696. The lowest BCUT2D eigenvalue weighted by atomic mass is 10.0. The molecule has 0 saturated heterocycles. The van der Waals surface area contributed by atoms with Gasteiger partial charge >= 0.3 is 0 Å².